The summed E-state index contributed by atoms with van der Waals surface area (Å²) in [5, 5.41) is 10.3. The first-order chi connectivity index (χ1) is 11.3. The Balaban J connectivity index is 1.80. The van der Waals surface area contributed by atoms with Gasteiger partial charge < -0.3 is 5.11 Å². The molecule has 0 aromatic carbocycles. The Morgan fingerprint density at radius 3 is 2.67 bits per heavy atom. The molecule has 1 N–H and O–H groups in total. The number of carboxylic acids is 1. The van der Waals surface area contributed by atoms with Gasteiger partial charge in [-0.3, -0.25) is 4.79 Å². The molecule has 4 nitrogen and oxygen atoms in total. The molecule has 2 heterocycles. The largest absolute Gasteiger partial charge is 0.481 e. The molecule has 0 aromatic heterocycles. The summed E-state index contributed by atoms with van der Waals surface area (Å²) >= 11 is 0. The molecule has 0 spiro atoms. The molecule has 0 radical (unpaired) electrons. The van der Waals surface area contributed by atoms with Gasteiger partial charge in [0.1, 0.15) is 12.2 Å². The summed E-state index contributed by atoms with van der Waals surface area (Å²) in [5.41, 5.74) is 0.780. The molecule has 2 bridgehead atoms. The standard InChI is InChI=1S/C20H30O4/c1-11(2)13-5-6-14-17-15-9-12(3)16(24-23-15)10-19(17,4)7-8-20(13,14)18(21)22/h9,11,13-17H,5-8,10H2,1-4H3,(H,21,22)/t13-,14+,15?,16?,17-,19+,20+/m1/s1. The Labute approximate surface area is 144 Å². The predicted octanol–water partition coefficient (Wildman–Crippen LogP) is 4.20. The summed E-state index contributed by atoms with van der Waals surface area (Å²) in [6.45, 7) is 8.84. The second-order valence-corrected chi connectivity index (χ2v) is 9.32. The van der Waals surface area contributed by atoms with E-state index in [2.05, 4.69) is 33.8 Å². The number of carbonyl (C=O) groups is 1. The zero-order valence-corrected chi connectivity index (χ0v) is 15.2. The van der Waals surface area contributed by atoms with Gasteiger partial charge in [-0.25, -0.2) is 9.78 Å². The van der Waals surface area contributed by atoms with Gasteiger partial charge in [0.25, 0.3) is 0 Å². The Morgan fingerprint density at radius 1 is 1.29 bits per heavy atom. The lowest BCUT2D eigenvalue weighted by Gasteiger charge is -2.53. The van der Waals surface area contributed by atoms with Crippen LogP contribution in [0.5, 0.6) is 0 Å². The maximum Gasteiger partial charge on any atom is 0.310 e. The van der Waals surface area contributed by atoms with E-state index in [1.807, 2.05) is 0 Å². The molecule has 5 rings (SSSR count). The van der Waals surface area contributed by atoms with Crippen molar-refractivity contribution in [3.63, 3.8) is 0 Å². The Kier molecular flexibility index (Phi) is 3.67. The number of rotatable bonds is 2. The number of carboxylic acid groups (broad SMARTS) is 1. The average molecular weight is 334 g/mol. The van der Waals surface area contributed by atoms with E-state index in [9.17, 15) is 9.90 Å². The molecular formula is C20H30O4. The van der Waals surface area contributed by atoms with Crippen LogP contribution in [0.3, 0.4) is 0 Å². The van der Waals surface area contributed by atoms with Gasteiger partial charge >= 0.3 is 5.97 Å². The molecule has 3 fully saturated rings. The van der Waals surface area contributed by atoms with Crippen LogP contribution in [0.2, 0.25) is 0 Å². The monoisotopic (exact) mass is 334 g/mol. The van der Waals surface area contributed by atoms with Crippen LogP contribution in [-0.4, -0.2) is 23.3 Å². The van der Waals surface area contributed by atoms with Crippen LogP contribution in [0.15, 0.2) is 11.6 Å². The maximum absolute atomic E-state index is 12.5. The molecule has 0 amide bonds. The van der Waals surface area contributed by atoms with Crippen LogP contribution in [-0.2, 0) is 14.6 Å². The fourth-order valence-corrected chi connectivity index (χ4v) is 6.76. The molecule has 2 saturated carbocycles. The van der Waals surface area contributed by atoms with Crippen molar-refractivity contribution >= 4 is 5.97 Å². The second-order valence-electron chi connectivity index (χ2n) is 9.32. The molecule has 7 atom stereocenters. The van der Waals surface area contributed by atoms with Gasteiger partial charge in [-0.2, -0.15) is 0 Å². The normalized spacial score (nSPS) is 50.2. The van der Waals surface area contributed by atoms with Crippen LogP contribution in [0.4, 0.5) is 0 Å². The third-order valence-corrected chi connectivity index (χ3v) is 7.89. The zero-order valence-electron chi connectivity index (χ0n) is 15.2. The van der Waals surface area contributed by atoms with E-state index >= 15 is 0 Å². The highest BCUT2D eigenvalue weighted by molar-refractivity contribution is 5.76. The summed E-state index contributed by atoms with van der Waals surface area (Å²) in [4.78, 5) is 24.0. The summed E-state index contributed by atoms with van der Waals surface area (Å²) in [6, 6.07) is 0. The lowest BCUT2D eigenvalue weighted by molar-refractivity contribution is -0.344. The first-order valence-corrected chi connectivity index (χ1v) is 9.53. The number of aliphatic carboxylic acids is 1. The van der Waals surface area contributed by atoms with E-state index in [4.69, 9.17) is 9.78 Å². The molecule has 2 aliphatic heterocycles. The van der Waals surface area contributed by atoms with Crippen LogP contribution < -0.4 is 0 Å². The maximum atomic E-state index is 12.5. The molecule has 0 aromatic rings. The Hall–Kier alpha value is -0.870. The molecule has 24 heavy (non-hydrogen) atoms. The van der Waals surface area contributed by atoms with E-state index in [-0.39, 0.29) is 35.4 Å². The summed E-state index contributed by atoms with van der Waals surface area (Å²) in [5.74, 6) is 0.540. The second kappa shape index (κ2) is 5.31. The highest BCUT2D eigenvalue weighted by atomic mass is 17.2. The predicted molar refractivity (Wildman–Crippen MR) is 90.1 cm³/mol. The summed E-state index contributed by atoms with van der Waals surface area (Å²) in [6.07, 6.45) is 6.92. The fourth-order valence-electron chi connectivity index (χ4n) is 6.76. The van der Waals surface area contributed by atoms with Crippen molar-refractivity contribution in [2.75, 3.05) is 0 Å². The van der Waals surface area contributed by atoms with Gasteiger partial charge in [-0.05, 0) is 67.8 Å². The quantitative estimate of drug-likeness (QED) is 0.607. The Bertz CT molecular complexity index is 582. The average Bonchev–Trinajstić information content (AvgIpc) is 2.78. The lowest BCUT2D eigenvalue weighted by atomic mass is 9.49. The zero-order chi connectivity index (χ0) is 17.3. The molecular weight excluding hydrogens is 304 g/mol. The van der Waals surface area contributed by atoms with Gasteiger partial charge in [0.05, 0.1) is 5.41 Å². The van der Waals surface area contributed by atoms with Gasteiger partial charge in [0.15, 0.2) is 0 Å². The molecule has 2 unspecified atom stereocenters. The number of hydrogen-bond acceptors (Lipinski definition) is 3. The number of hydrogen-bond donors (Lipinski definition) is 1. The van der Waals surface area contributed by atoms with E-state index in [1.165, 1.54) is 5.57 Å². The number of fused-ring (bicyclic) bond motifs is 2. The van der Waals surface area contributed by atoms with Gasteiger partial charge in [0.2, 0.25) is 0 Å². The van der Waals surface area contributed by atoms with Crippen molar-refractivity contribution in [3.05, 3.63) is 11.6 Å². The molecule has 4 heteroatoms. The van der Waals surface area contributed by atoms with E-state index in [0.717, 1.165) is 32.1 Å². The van der Waals surface area contributed by atoms with E-state index < -0.39 is 11.4 Å². The summed E-state index contributed by atoms with van der Waals surface area (Å²) in [7, 11) is 0. The lowest BCUT2D eigenvalue weighted by Crippen LogP contribution is -2.55. The molecule has 1 saturated heterocycles. The minimum Gasteiger partial charge on any atom is -0.481 e. The van der Waals surface area contributed by atoms with Crippen molar-refractivity contribution in [2.24, 2.45) is 34.5 Å². The van der Waals surface area contributed by atoms with Crippen LogP contribution in [0.25, 0.3) is 0 Å². The molecule has 134 valence electrons. The molecule has 3 aliphatic carbocycles. The van der Waals surface area contributed by atoms with Crippen molar-refractivity contribution in [3.8, 4) is 0 Å². The van der Waals surface area contributed by atoms with Gasteiger partial charge in [0, 0.05) is 5.92 Å². The van der Waals surface area contributed by atoms with Gasteiger partial charge in [-0.15, -0.1) is 0 Å². The minimum absolute atomic E-state index is 0.0378. The first-order valence-electron chi connectivity index (χ1n) is 9.53. The third kappa shape index (κ3) is 2.02. The van der Waals surface area contributed by atoms with E-state index in [1.54, 1.807) is 0 Å². The van der Waals surface area contributed by atoms with Crippen molar-refractivity contribution in [1.29, 1.82) is 0 Å². The topological polar surface area (TPSA) is 55.8 Å². The van der Waals surface area contributed by atoms with Crippen LogP contribution >= 0.6 is 0 Å². The minimum atomic E-state index is -0.578. The van der Waals surface area contributed by atoms with Crippen molar-refractivity contribution < 1.29 is 19.7 Å². The van der Waals surface area contributed by atoms with Crippen molar-refractivity contribution in [1.82, 2.24) is 0 Å². The SMILES string of the molecule is CC1=CC2OOC1C[C@]1(C)CC[C@]3(C(=O)O)[C@@H](C(C)C)CC[C@H]3[C@H]21. The smallest absolute Gasteiger partial charge is 0.310 e. The first kappa shape index (κ1) is 16.6. The third-order valence-electron chi connectivity index (χ3n) is 7.89. The Morgan fingerprint density at radius 2 is 2.04 bits per heavy atom. The summed E-state index contributed by atoms with van der Waals surface area (Å²) < 4.78 is 0. The van der Waals surface area contributed by atoms with Crippen molar-refractivity contribution in [2.45, 2.75) is 72.0 Å². The highest BCUT2D eigenvalue weighted by Gasteiger charge is 2.66. The van der Waals surface area contributed by atoms with E-state index in [0.29, 0.717) is 5.92 Å². The fraction of sp³-hybridized carbons (Fsp3) is 0.850. The van der Waals surface area contributed by atoms with Crippen LogP contribution in [0, 0.1) is 34.5 Å². The highest BCUT2D eigenvalue weighted by Crippen LogP contribution is 2.67. The van der Waals surface area contributed by atoms with Crippen LogP contribution in [0.1, 0.15) is 59.8 Å². The van der Waals surface area contributed by atoms with Gasteiger partial charge in [-0.1, -0.05) is 26.8 Å². The molecule has 5 aliphatic rings.